The van der Waals surface area contributed by atoms with Gasteiger partial charge in [-0.3, -0.25) is 4.79 Å². The highest BCUT2D eigenvalue weighted by atomic mass is 16.5. The number of carbonyl (C=O) groups is 1. The summed E-state index contributed by atoms with van der Waals surface area (Å²) in [5.74, 6) is -0.150. The molecule has 0 saturated heterocycles. The molecule has 20 heavy (non-hydrogen) atoms. The maximum Gasteiger partial charge on any atom is 0.310 e. The highest BCUT2D eigenvalue weighted by molar-refractivity contribution is 5.88. The van der Waals surface area contributed by atoms with E-state index in [1.54, 1.807) is 0 Å². The summed E-state index contributed by atoms with van der Waals surface area (Å²) in [6.07, 6.45) is 8.52. The Balaban J connectivity index is 1.95. The Hall–Kier alpha value is -1.77. The molecule has 0 atom stereocenters. The van der Waals surface area contributed by atoms with Crippen LogP contribution in [0.4, 0.5) is 0 Å². The molecule has 1 aliphatic carbocycles. The number of nitrogens with one attached hydrogen (secondary N) is 1. The molecule has 1 aromatic heterocycles. The zero-order chi connectivity index (χ0) is 13.9. The lowest BCUT2D eigenvalue weighted by atomic mass is 9.99. The van der Waals surface area contributed by atoms with E-state index in [9.17, 15) is 4.79 Å². The third-order valence-electron chi connectivity index (χ3n) is 4.12. The molecular formula is C17H21NO2. The lowest BCUT2D eigenvalue weighted by Crippen LogP contribution is -2.07. The molecule has 0 fully saturated rings. The minimum atomic E-state index is -0.150. The molecule has 106 valence electrons. The molecule has 0 saturated carbocycles. The van der Waals surface area contributed by atoms with E-state index in [1.165, 1.54) is 42.2 Å². The van der Waals surface area contributed by atoms with Crippen molar-refractivity contribution >= 4 is 16.9 Å². The van der Waals surface area contributed by atoms with Gasteiger partial charge < -0.3 is 9.72 Å². The van der Waals surface area contributed by atoms with E-state index in [4.69, 9.17) is 4.74 Å². The number of aromatic nitrogens is 1. The van der Waals surface area contributed by atoms with Crippen LogP contribution in [0.1, 0.15) is 42.9 Å². The molecule has 3 nitrogen and oxygen atoms in total. The Bertz CT molecular complexity index is 627. The van der Waals surface area contributed by atoms with Crippen molar-refractivity contribution in [1.29, 1.82) is 0 Å². The van der Waals surface area contributed by atoms with E-state index in [-0.39, 0.29) is 5.97 Å². The van der Waals surface area contributed by atoms with Crippen LogP contribution >= 0.6 is 0 Å². The van der Waals surface area contributed by atoms with Gasteiger partial charge >= 0.3 is 5.97 Å². The first-order valence-corrected chi connectivity index (χ1v) is 7.55. The van der Waals surface area contributed by atoms with Crippen molar-refractivity contribution in [1.82, 2.24) is 4.98 Å². The fourth-order valence-electron chi connectivity index (χ4n) is 3.10. The van der Waals surface area contributed by atoms with E-state index >= 15 is 0 Å². The van der Waals surface area contributed by atoms with E-state index < -0.39 is 0 Å². The van der Waals surface area contributed by atoms with Crippen LogP contribution in [0.15, 0.2) is 18.3 Å². The minimum absolute atomic E-state index is 0.150. The second-order valence-corrected chi connectivity index (χ2v) is 5.52. The highest BCUT2D eigenvalue weighted by Crippen LogP contribution is 2.28. The van der Waals surface area contributed by atoms with Crippen LogP contribution in [-0.4, -0.2) is 17.6 Å². The minimum Gasteiger partial charge on any atom is -0.466 e. The van der Waals surface area contributed by atoms with Gasteiger partial charge in [0.1, 0.15) is 0 Å². The number of ether oxygens (including phenoxy) is 1. The summed E-state index contributed by atoms with van der Waals surface area (Å²) in [5, 5.41) is 1.18. The Morgan fingerprint density at radius 2 is 1.95 bits per heavy atom. The van der Waals surface area contributed by atoms with E-state index in [1.807, 2.05) is 13.1 Å². The summed E-state index contributed by atoms with van der Waals surface area (Å²) in [6, 6.07) is 4.55. The van der Waals surface area contributed by atoms with Gasteiger partial charge in [-0.25, -0.2) is 0 Å². The first kappa shape index (κ1) is 13.2. The van der Waals surface area contributed by atoms with Crippen molar-refractivity contribution in [3.05, 3.63) is 35.0 Å². The van der Waals surface area contributed by atoms with Gasteiger partial charge in [0.2, 0.25) is 0 Å². The molecular weight excluding hydrogens is 250 g/mol. The molecule has 0 aliphatic heterocycles. The molecule has 3 rings (SSSR count). The van der Waals surface area contributed by atoms with Crippen molar-refractivity contribution in [3.8, 4) is 0 Å². The van der Waals surface area contributed by atoms with Gasteiger partial charge in [0.15, 0.2) is 0 Å². The van der Waals surface area contributed by atoms with Crippen LogP contribution in [-0.2, 0) is 28.8 Å². The normalized spacial score (nSPS) is 14.8. The fourth-order valence-corrected chi connectivity index (χ4v) is 3.10. The molecule has 0 spiro atoms. The molecule has 1 aliphatic rings. The van der Waals surface area contributed by atoms with Crippen LogP contribution in [0.5, 0.6) is 0 Å². The third-order valence-corrected chi connectivity index (χ3v) is 4.12. The summed E-state index contributed by atoms with van der Waals surface area (Å²) in [4.78, 5) is 15.0. The van der Waals surface area contributed by atoms with Crippen LogP contribution in [0.25, 0.3) is 10.9 Å². The van der Waals surface area contributed by atoms with Gasteiger partial charge in [0.05, 0.1) is 13.0 Å². The van der Waals surface area contributed by atoms with Gasteiger partial charge in [-0.05, 0) is 61.4 Å². The topological polar surface area (TPSA) is 42.1 Å². The molecule has 2 aromatic rings. The average molecular weight is 271 g/mol. The van der Waals surface area contributed by atoms with Crippen molar-refractivity contribution in [2.75, 3.05) is 6.61 Å². The van der Waals surface area contributed by atoms with Crippen molar-refractivity contribution in [2.24, 2.45) is 0 Å². The second kappa shape index (κ2) is 5.70. The summed E-state index contributed by atoms with van der Waals surface area (Å²) < 4.78 is 5.04. The third kappa shape index (κ3) is 2.58. The largest absolute Gasteiger partial charge is 0.466 e. The van der Waals surface area contributed by atoms with Gasteiger partial charge in [-0.15, -0.1) is 0 Å². The predicted octanol–water partition coefficient (Wildman–Crippen LogP) is 3.54. The smallest absolute Gasteiger partial charge is 0.310 e. The predicted molar refractivity (Wildman–Crippen MR) is 79.9 cm³/mol. The Kier molecular flexibility index (Phi) is 3.77. The number of rotatable bonds is 3. The number of esters is 1. The standard InChI is InChI=1S/C17H21NO2/c1-2-20-17(19)10-14-11-18-16-9-13-7-5-3-4-6-12(13)8-15(14)16/h8-9,11,18H,2-7,10H2,1H3. The molecule has 1 heterocycles. The van der Waals surface area contributed by atoms with E-state index in [0.717, 1.165) is 17.5 Å². The van der Waals surface area contributed by atoms with Crippen molar-refractivity contribution in [2.45, 2.75) is 45.4 Å². The zero-order valence-electron chi connectivity index (χ0n) is 12.0. The van der Waals surface area contributed by atoms with Crippen LogP contribution in [0, 0.1) is 0 Å². The lowest BCUT2D eigenvalue weighted by molar-refractivity contribution is -0.142. The number of aryl methyl sites for hydroxylation is 2. The lowest BCUT2D eigenvalue weighted by Gasteiger charge is -2.07. The van der Waals surface area contributed by atoms with Gasteiger partial charge in [0.25, 0.3) is 0 Å². The maximum absolute atomic E-state index is 11.7. The van der Waals surface area contributed by atoms with E-state index in [0.29, 0.717) is 13.0 Å². The summed E-state index contributed by atoms with van der Waals surface area (Å²) in [7, 11) is 0. The van der Waals surface area contributed by atoms with Crippen LogP contribution in [0.2, 0.25) is 0 Å². The average Bonchev–Trinajstić information content (AvgIpc) is 2.67. The fraction of sp³-hybridized carbons (Fsp3) is 0.471. The number of H-pyrrole nitrogens is 1. The van der Waals surface area contributed by atoms with E-state index in [2.05, 4.69) is 17.1 Å². The molecule has 0 radical (unpaired) electrons. The summed E-state index contributed by atoms with van der Waals surface area (Å²) in [6.45, 7) is 2.28. The molecule has 0 unspecified atom stereocenters. The second-order valence-electron chi connectivity index (χ2n) is 5.52. The van der Waals surface area contributed by atoms with Crippen LogP contribution < -0.4 is 0 Å². The number of hydrogen-bond donors (Lipinski definition) is 1. The Morgan fingerprint density at radius 1 is 1.20 bits per heavy atom. The Labute approximate surface area is 119 Å². The number of benzene rings is 1. The monoisotopic (exact) mass is 271 g/mol. The van der Waals surface area contributed by atoms with Gasteiger partial charge in [-0.1, -0.05) is 6.42 Å². The quantitative estimate of drug-likeness (QED) is 0.685. The molecule has 3 heteroatoms. The number of aromatic amines is 1. The molecule has 0 amide bonds. The molecule has 1 N–H and O–H groups in total. The number of fused-ring (bicyclic) bond motifs is 2. The van der Waals surface area contributed by atoms with Gasteiger partial charge in [-0.2, -0.15) is 0 Å². The maximum atomic E-state index is 11.7. The molecule has 0 bridgehead atoms. The first-order chi connectivity index (χ1) is 9.78. The highest BCUT2D eigenvalue weighted by Gasteiger charge is 2.14. The SMILES string of the molecule is CCOC(=O)Cc1c[nH]c2cc3c(cc12)CCCCC3. The van der Waals surface area contributed by atoms with Gasteiger partial charge in [0, 0.05) is 17.1 Å². The number of hydrogen-bond acceptors (Lipinski definition) is 2. The van der Waals surface area contributed by atoms with Crippen molar-refractivity contribution < 1.29 is 9.53 Å². The zero-order valence-corrected chi connectivity index (χ0v) is 12.0. The number of carbonyl (C=O) groups excluding carboxylic acids is 1. The first-order valence-electron chi connectivity index (χ1n) is 7.55. The Morgan fingerprint density at radius 3 is 2.70 bits per heavy atom. The summed E-state index contributed by atoms with van der Waals surface area (Å²) >= 11 is 0. The summed E-state index contributed by atoms with van der Waals surface area (Å²) in [5.41, 5.74) is 5.12. The molecule has 1 aromatic carbocycles. The van der Waals surface area contributed by atoms with Crippen molar-refractivity contribution in [3.63, 3.8) is 0 Å². The van der Waals surface area contributed by atoms with Crippen LogP contribution in [0.3, 0.4) is 0 Å².